The second kappa shape index (κ2) is 8.38. The number of nitrogen functional groups attached to an aromatic ring is 1. The van der Waals surface area contributed by atoms with Gasteiger partial charge < -0.3 is 21.1 Å². The minimum absolute atomic E-state index is 0.0839. The normalized spacial score (nSPS) is 11.7. The molecule has 4 N–H and O–H groups in total. The number of amides is 2. The molecule has 0 aromatic heterocycles. The molecule has 2 rings (SSSR count). The van der Waals surface area contributed by atoms with Crippen molar-refractivity contribution < 1.29 is 14.3 Å². The highest BCUT2D eigenvalue weighted by molar-refractivity contribution is 6.01. The molecule has 0 aliphatic rings. The van der Waals surface area contributed by atoms with Gasteiger partial charge in [-0.1, -0.05) is 31.5 Å². The smallest absolute Gasteiger partial charge is 0.251 e. The number of rotatable bonds is 6. The summed E-state index contributed by atoms with van der Waals surface area (Å²) in [5, 5.41) is 5.60. The topological polar surface area (TPSA) is 93.5 Å². The summed E-state index contributed by atoms with van der Waals surface area (Å²) >= 11 is 0. The third kappa shape index (κ3) is 4.75. The fourth-order valence-electron chi connectivity index (χ4n) is 2.58. The van der Waals surface area contributed by atoms with E-state index in [1.807, 2.05) is 32.9 Å². The van der Waals surface area contributed by atoms with Crippen molar-refractivity contribution in [3.05, 3.63) is 53.6 Å². The van der Waals surface area contributed by atoms with Crippen LogP contribution < -0.4 is 21.1 Å². The maximum absolute atomic E-state index is 12.7. The van der Waals surface area contributed by atoms with E-state index < -0.39 is 6.04 Å². The van der Waals surface area contributed by atoms with E-state index in [9.17, 15) is 9.59 Å². The molecule has 26 heavy (non-hydrogen) atoms. The lowest BCUT2D eigenvalue weighted by atomic mass is 10.0. The van der Waals surface area contributed by atoms with Crippen LogP contribution in [0.2, 0.25) is 0 Å². The van der Waals surface area contributed by atoms with Crippen molar-refractivity contribution in [2.75, 3.05) is 18.2 Å². The summed E-state index contributed by atoms with van der Waals surface area (Å²) in [7, 11) is 1.53. The van der Waals surface area contributed by atoms with E-state index in [-0.39, 0.29) is 17.7 Å². The standard InChI is InChI=1S/C20H25N3O3/c1-12(2)18(23-19(24)14-7-5-6-13(3)10-14)20(25)22-15-8-9-17(26-4)16(21)11-15/h5-12,18H,21H2,1-4H3,(H,22,25)(H,23,24). The Morgan fingerprint density at radius 3 is 2.42 bits per heavy atom. The average molecular weight is 355 g/mol. The second-order valence-corrected chi connectivity index (χ2v) is 6.51. The first-order valence-electron chi connectivity index (χ1n) is 8.43. The molecule has 1 atom stereocenters. The molecule has 2 aromatic carbocycles. The van der Waals surface area contributed by atoms with E-state index in [4.69, 9.17) is 10.5 Å². The average Bonchev–Trinajstić information content (AvgIpc) is 2.59. The molecule has 0 fully saturated rings. The van der Waals surface area contributed by atoms with Crippen molar-refractivity contribution in [1.29, 1.82) is 0 Å². The molecule has 6 heteroatoms. The summed E-state index contributed by atoms with van der Waals surface area (Å²) in [5.74, 6) is -0.127. The number of anilines is 2. The predicted octanol–water partition coefficient (Wildman–Crippen LogP) is 2.98. The van der Waals surface area contributed by atoms with Gasteiger partial charge in [-0.05, 0) is 43.2 Å². The SMILES string of the molecule is COc1ccc(NC(=O)C(NC(=O)c2cccc(C)c2)C(C)C)cc1N. The van der Waals surface area contributed by atoms with Crippen molar-refractivity contribution in [3.63, 3.8) is 0 Å². The summed E-state index contributed by atoms with van der Waals surface area (Å²) in [6.07, 6.45) is 0. The van der Waals surface area contributed by atoms with Crippen LogP contribution in [0.4, 0.5) is 11.4 Å². The monoisotopic (exact) mass is 355 g/mol. The van der Waals surface area contributed by atoms with Crippen LogP contribution in [0, 0.1) is 12.8 Å². The molecule has 0 saturated carbocycles. The van der Waals surface area contributed by atoms with Gasteiger partial charge in [0.1, 0.15) is 11.8 Å². The molecule has 1 unspecified atom stereocenters. The number of hydrogen-bond acceptors (Lipinski definition) is 4. The maximum Gasteiger partial charge on any atom is 0.251 e. The number of benzene rings is 2. The zero-order chi connectivity index (χ0) is 19.3. The van der Waals surface area contributed by atoms with Gasteiger partial charge in [-0.3, -0.25) is 9.59 Å². The van der Waals surface area contributed by atoms with Crippen LogP contribution >= 0.6 is 0 Å². The molecular weight excluding hydrogens is 330 g/mol. The molecule has 2 aromatic rings. The quantitative estimate of drug-likeness (QED) is 0.695. The molecule has 138 valence electrons. The second-order valence-electron chi connectivity index (χ2n) is 6.51. The lowest BCUT2D eigenvalue weighted by Crippen LogP contribution is -2.47. The van der Waals surface area contributed by atoms with E-state index >= 15 is 0 Å². The summed E-state index contributed by atoms with van der Waals surface area (Å²) in [4.78, 5) is 25.1. The summed E-state index contributed by atoms with van der Waals surface area (Å²) in [6.45, 7) is 5.67. The summed E-state index contributed by atoms with van der Waals surface area (Å²) in [6, 6.07) is 11.6. The highest BCUT2D eigenvalue weighted by atomic mass is 16.5. The van der Waals surface area contributed by atoms with Crippen molar-refractivity contribution in [3.8, 4) is 5.75 Å². The number of nitrogens with one attached hydrogen (secondary N) is 2. The van der Waals surface area contributed by atoms with Crippen molar-refractivity contribution in [1.82, 2.24) is 5.32 Å². The third-order valence-electron chi connectivity index (χ3n) is 4.01. The van der Waals surface area contributed by atoms with Gasteiger partial charge in [0, 0.05) is 11.3 Å². The first-order valence-corrected chi connectivity index (χ1v) is 8.43. The van der Waals surface area contributed by atoms with Crippen LogP contribution in [0.15, 0.2) is 42.5 Å². The van der Waals surface area contributed by atoms with Crippen LogP contribution in [-0.4, -0.2) is 25.0 Å². The number of aryl methyl sites for hydroxylation is 1. The highest BCUT2D eigenvalue weighted by Crippen LogP contribution is 2.24. The minimum atomic E-state index is -0.675. The lowest BCUT2D eigenvalue weighted by Gasteiger charge is -2.22. The first kappa shape index (κ1) is 19.3. The molecule has 0 heterocycles. The number of carbonyl (C=O) groups is 2. The lowest BCUT2D eigenvalue weighted by molar-refractivity contribution is -0.118. The highest BCUT2D eigenvalue weighted by Gasteiger charge is 2.25. The predicted molar refractivity (Wildman–Crippen MR) is 103 cm³/mol. The van der Waals surface area contributed by atoms with Gasteiger partial charge >= 0.3 is 0 Å². The van der Waals surface area contributed by atoms with Gasteiger partial charge in [0.2, 0.25) is 5.91 Å². The first-order chi connectivity index (χ1) is 12.3. The van der Waals surface area contributed by atoms with Gasteiger partial charge in [-0.15, -0.1) is 0 Å². The molecule has 0 bridgehead atoms. The Morgan fingerprint density at radius 1 is 1.12 bits per heavy atom. The Morgan fingerprint density at radius 2 is 1.85 bits per heavy atom. The molecule has 2 amide bonds. The molecule has 0 aliphatic carbocycles. The van der Waals surface area contributed by atoms with E-state index in [0.29, 0.717) is 22.7 Å². The number of carbonyl (C=O) groups excluding carboxylic acids is 2. The number of nitrogens with two attached hydrogens (primary N) is 1. The molecule has 0 spiro atoms. The number of hydrogen-bond donors (Lipinski definition) is 3. The van der Waals surface area contributed by atoms with Crippen molar-refractivity contribution in [2.45, 2.75) is 26.8 Å². The van der Waals surface area contributed by atoms with Crippen LogP contribution in [0.1, 0.15) is 29.8 Å². The van der Waals surface area contributed by atoms with Gasteiger partial charge in [0.25, 0.3) is 5.91 Å². The van der Waals surface area contributed by atoms with Gasteiger partial charge in [0.05, 0.1) is 12.8 Å². The van der Waals surface area contributed by atoms with Crippen LogP contribution in [-0.2, 0) is 4.79 Å². The minimum Gasteiger partial charge on any atom is -0.495 e. The fourth-order valence-corrected chi connectivity index (χ4v) is 2.58. The number of methoxy groups -OCH3 is 1. The molecular formula is C20H25N3O3. The molecule has 0 saturated heterocycles. The third-order valence-corrected chi connectivity index (χ3v) is 4.01. The van der Waals surface area contributed by atoms with E-state index in [1.165, 1.54) is 7.11 Å². The van der Waals surface area contributed by atoms with Crippen LogP contribution in [0.25, 0.3) is 0 Å². The van der Waals surface area contributed by atoms with E-state index in [0.717, 1.165) is 5.56 Å². The zero-order valence-electron chi connectivity index (χ0n) is 15.5. The van der Waals surface area contributed by atoms with Crippen LogP contribution in [0.5, 0.6) is 5.75 Å². The zero-order valence-corrected chi connectivity index (χ0v) is 15.5. The Labute approximate surface area is 153 Å². The van der Waals surface area contributed by atoms with Gasteiger partial charge in [0.15, 0.2) is 0 Å². The maximum atomic E-state index is 12.7. The van der Waals surface area contributed by atoms with Crippen molar-refractivity contribution >= 4 is 23.2 Å². The van der Waals surface area contributed by atoms with Crippen LogP contribution in [0.3, 0.4) is 0 Å². The summed E-state index contributed by atoms with van der Waals surface area (Å²) in [5.41, 5.74) is 8.35. The van der Waals surface area contributed by atoms with E-state index in [1.54, 1.807) is 30.3 Å². The Hall–Kier alpha value is -3.02. The fraction of sp³-hybridized carbons (Fsp3) is 0.300. The van der Waals surface area contributed by atoms with Gasteiger partial charge in [-0.25, -0.2) is 0 Å². The number of ether oxygens (including phenoxy) is 1. The van der Waals surface area contributed by atoms with E-state index in [2.05, 4.69) is 10.6 Å². The van der Waals surface area contributed by atoms with Gasteiger partial charge in [-0.2, -0.15) is 0 Å². The molecule has 0 radical (unpaired) electrons. The Bertz CT molecular complexity index is 803. The molecule has 0 aliphatic heterocycles. The van der Waals surface area contributed by atoms with Crippen molar-refractivity contribution in [2.24, 2.45) is 5.92 Å². The Balaban J connectivity index is 2.12. The molecule has 6 nitrogen and oxygen atoms in total. The largest absolute Gasteiger partial charge is 0.495 e. The summed E-state index contributed by atoms with van der Waals surface area (Å²) < 4.78 is 5.11. The Kier molecular flexibility index (Phi) is 6.22.